The highest BCUT2D eigenvalue weighted by Gasteiger charge is 2.19. The van der Waals surface area contributed by atoms with E-state index in [0.29, 0.717) is 11.3 Å². The maximum atomic E-state index is 12.0. The molecule has 0 aromatic heterocycles. The zero-order chi connectivity index (χ0) is 12.1. The second-order valence-electron chi connectivity index (χ2n) is 3.63. The van der Waals surface area contributed by atoms with Gasteiger partial charge in [-0.3, -0.25) is 4.79 Å². The number of Topliss-reactive ketones (excluding diaryl/α,β-unsaturated/α-hetero) is 1. The van der Waals surface area contributed by atoms with Gasteiger partial charge in [-0.05, 0) is 19.1 Å². The number of aryl methyl sites for hydroxylation is 1. The van der Waals surface area contributed by atoms with Crippen molar-refractivity contribution in [3.63, 3.8) is 0 Å². The number of rotatable bonds is 5. The van der Waals surface area contributed by atoms with Crippen molar-refractivity contribution < 1.29 is 14.3 Å². The van der Waals surface area contributed by atoms with Crippen LogP contribution in [0, 0.1) is 6.92 Å². The van der Waals surface area contributed by atoms with Crippen LogP contribution in [0.5, 0.6) is 5.75 Å². The van der Waals surface area contributed by atoms with E-state index in [2.05, 4.69) is 0 Å². The van der Waals surface area contributed by atoms with Gasteiger partial charge < -0.3 is 15.2 Å². The summed E-state index contributed by atoms with van der Waals surface area (Å²) in [7, 11) is 3.05. The average Bonchev–Trinajstić information content (AvgIpc) is 2.28. The van der Waals surface area contributed by atoms with Crippen molar-refractivity contribution in [2.75, 3.05) is 20.8 Å². The van der Waals surface area contributed by atoms with E-state index in [-0.39, 0.29) is 12.4 Å². The zero-order valence-electron chi connectivity index (χ0n) is 9.82. The third-order valence-electron chi connectivity index (χ3n) is 2.30. The van der Waals surface area contributed by atoms with Gasteiger partial charge in [-0.1, -0.05) is 11.6 Å². The highest BCUT2D eigenvalue weighted by Crippen LogP contribution is 2.20. The van der Waals surface area contributed by atoms with Gasteiger partial charge in [-0.15, -0.1) is 0 Å². The fourth-order valence-electron chi connectivity index (χ4n) is 1.47. The van der Waals surface area contributed by atoms with Crippen molar-refractivity contribution in [1.82, 2.24) is 0 Å². The molecule has 0 aliphatic heterocycles. The minimum absolute atomic E-state index is 0.164. The Morgan fingerprint density at radius 3 is 2.69 bits per heavy atom. The van der Waals surface area contributed by atoms with Crippen LogP contribution in [-0.4, -0.2) is 32.7 Å². The van der Waals surface area contributed by atoms with Crippen LogP contribution in [0.4, 0.5) is 0 Å². The standard InChI is InChI=1S/C12H17NO3/c1-8-4-5-11(16-3)9(6-8)12(14)10(13)7-15-2/h4-6,10H,7,13H2,1-3H3. The van der Waals surface area contributed by atoms with Crippen LogP contribution < -0.4 is 10.5 Å². The second-order valence-corrected chi connectivity index (χ2v) is 3.63. The maximum absolute atomic E-state index is 12.0. The molecule has 0 aliphatic carbocycles. The molecule has 1 unspecified atom stereocenters. The molecule has 0 spiro atoms. The van der Waals surface area contributed by atoms with Crippen LogP contribution in [0.3, 0.4) is 0 Å². The first kappa shape index (κ1) is 12.7. The first-order valence-corrected chi connectivity index (χ1v) is 5.03. The summed E-state index contributed by atoms with van der Waals surface area (Å²) in [5, 5.41) is 0. The number of ketones is 1. The lowest BCUT2D eigenvalue weighted by molar-refractivity contribution is 0.0889. The molecule has 0 saturated carbocycles. The third-order valence-corrected chi connectivity index (χ3v) is 2.30. The van der Waals surface area contributed by atoms with Crippen LogP contribution in [0.2, 0.25) is 0 Å². The monoisotopic (exact) mass is 223 g/mol. The van der Waals surface area contributed by atoms with Gasteiger partial charge in [-0.25, -0.2) is 0 Å². The lowest BCUT2D eigenvalue weighted by atomic mass is 10.0. The number of hydrogen-bond acceptors (Lipinski definition) is 4. The van der Waals surface area contributed by atoms with E-state index in [1.54, 1.807) is 12.1 Å². The number of carbonyl (C=O) groups excluding carboxylic acids is 1. The number of methoxy groups -OCH3 is 2. The van der Waals surface area contributed by atoms with E-state index in [4.69, 9.17) is 15.2 Å². The molecule has 1 aromatic carbocycles. The fraction of sp³-hybridized carbons (Fsp3) is 0.417. The Morgan fingerprint density at radius 2 is 2.12 bits per heavy atom. The van der Waals surface area contributed by atoms with Crippen LogP contribution in [-0.2, 0) is 4.74 Å². The van der Waals surface area contributed by atoms with Crippen molar-refractivity contribution in [3.8, 4) is 5.75 Å². The molecular weight excluding hydrogens is 206 g/mol. The Hall–Kier alpha value is -1.39. The molecule has 0 aliphatic rings. The summed E-state index contributed by atoms with van der Waals surface area (Å²) < 4.78 is 10.00. The van der Waals surface area contributed by atoms with Crippen molar-refractivity contribution in [2.45, 2.75) is 13.0 Å². The maximum Gasteiger partial charge on any atom is 0.185 e. The molecular formula is C12H17NO3. The summed E-state index contributed by atoms with van der Waals surface area (Å²) in [6, 6.07) is 4.77. The summed E-state index contributed by atoms with van der Waals surface area (Å²) >= 11 is 0. The number of nitrogens with two attached hydrogens (primary N) is 1. The summed E-state index contributed by atoms with van der Waals surface area (Å²) in [6.07, 6.45) is 0. The molecule has 0 amide bonds. The number of hydrogen-bond donors (Lipinski definition) is 1. The first-order valence-electron chi connectivity index (χ1n) is 5.03. The van der Waals surface area contributed by atoms with Gasteiger partial charge >= 0.3 is 0 Å². The number of benzene rings is 1. The molecule has 2 N–H and O–H groups in total. The molecule has 0 heterocycles. The van der Waals surface area contributed by atoms with Crippen LogP contribution >= 0.6 is 0 Å². The summed E-state index contributed by atoms with van der Waals surface area (Å²) in [6.45, 7) is 2.12. The van der Waals surface area contributed by atoms with E-state index in [9.17, 15) is 4.79 Å². The molecule has 4 nitrogen and oxygen atoms in total. The molecule has 4 heteroatoms. The van der Waals surface area contributed by atoms with Gasteiger partial charge in [0, 0.05) is 7.11 Å². The predicted molar refractivity (Wildman–Crippen MR) is 61.9 cm³/mol. The first-order chi connectivity index (χ1) is 7.60. The smallest absolute Gasteiger partial charge is 0.185 e. The van der Waals surface area contributed by atoms with Gasteiger partial charge in [-0.2, -0.15) is 0 Å². The molecule has 0 saturated heterocycles. The van der Waals surface area contributed by atoms with Crippen LogP contribution in [0.15, 0.2) is 18.2 Å². The zero-order valence-corrected chi connectivity index (χ0v) is 9.82. The molecule has 16 heavy (non-hydrogen) atoms. The fourth-order valence-corrected chi connectivity index (χ4v) is 1.47. The van der Waals surface area contributed by atoms with Gasteiger partial charge in [0.15, 0.2) is 5.78 Å². The Balaban J connectivity index is 3.01. The van der Waals surface area contributed by atoms with Crippen molar-refractivity contribution in [2.24, 2.45) is 5.73 Å². The van der Waals surface area contributed by atoms with Crippen molar-refractivity contribution >= 4 is 5.78 Å². The average molecular weight is 223 g/mol. The molecule has 0 fully saturated rings. The molecule has 1 rings (SSSR count). The molecule has 1 aromatic rings. The minimum Gasteiger partial charge on any atom is -0.496 e. The highest BCUT2D eigenvalue weighted by atomic mass is 16.5. The lowest BCUT2D eigenvalue weighted by Gasteiger charge is -2.13. The van der Waals surface area contributed by atoms with Gasteiger partial charge in [0.25, 0.3) is 0 Å². The van der Waals surface area contributed by atoms with Crippen molar-refractivity contribution in [1.29, 1.82) is 0 Å². The quantitative estimate of drug-likeness (QED) is 0.761. The topological polar surface area (TPSA) is 61.5 Å². The molecule has 0 radical (unpaired) electrons. The summed E-state index contributed by atoms with van der Waals surface area (Å²) in [4.78, 5) is 12.0. The summed E-state index contributed by atoms with van der Waals surface area (Å²) in [5.74, 6) is 0.379. The number of ether oxygens (including phenoxy) is 2. The van der Waals surface area contributed by atoms with Crippen LogP contribution in [0.1, 0.15) is 15.9 Å². The highest BCUT2D eigenvalue weighted by molar-refractivity contribution is 6.02. The van der Waals surface area contributed by atoms with Gasteiger partial charge in [0.2, 0.25) is 0 Å². The van der Waals surface area contributed by atoms with E-state index >= 15 is 0 Å². The predicted octanol–water partition coefficient (Wildman–Crippen LogP) is 1.16. The van der Waals surface area contributed by atoms with E-state index in [1.807, 2.05) is 13.0 Å². The van der Waals surface area contributed by atoms with E-state index in [0.717, 1.165) is 5.56 Å². The molecule has 0 bridgehead atoms. The Bertz CT molecular complexity index is 377. The molecule has 1 atom stereocenters. The largest absolute Gasteiger partial charge is 0.496 e. The third kappa shape index (κ3) is 2.81. The van der Waals surface area contributed by atoms with Gasteiger partial charge in [0.1, 0.15) is 5.75 Å². The number of carbonyl (C=O) groups is 1. The normalized spacial score (nSPS) is 12.2. The minimum atomic E-state index is -0.652. The van der Waals surface area contributed by atoms with E-state index < -0.39 is 6.04 Å². The van der Waals surface area contributed by atoms with E-state index in [1.165, 1.54) is 14.2 Å². The van der Waals surface area contributed by atoms with Crippen LogP contribution in [0.25, 0.3) is 0 Å². The summed E-state index contributed by atoms with van der Waals surface area (Å²) in [5.41, 5.74) is 7.20. The second kappa shape index (κ2) is 5.63. The molecule has 88 valence electrons. The van der Waals surface area contributed by atoms with Crippen molar-refractivity contribution in [3.05, 3.63) is 29.3 Å². The van der Waals surface area contributed by atoms with Gasteiger partial charge in [0.05, 0.1) is 25.3 Å². The Morgan fingerprint density at radius 1 is 1.44 bits per heavy atom. The lowest BCUT2D eigenvalue weighted by Crippen LogP contribution is -2.35. The Labute approximate surface area is 95.3 Å². The Kier molecular flexibility index (Phi) is 4.46. The SMILES string of the molecule is COCC(N)C(=O)c1cc(C)ccc1OC.